The molecule has 2 N–H and O–H groups in total. The Balaban J connectivity index is 1.80. The van der Waals surface area contributed by atoms with E-state index in [1.165, 1.54) is 5.56 Å². The lowest BCUT2D eigenvalue weighted by Crippen LogP contribution is -2.50. The van der Waals surface area contributed by atoms with E-state index >= 15 is 0 Å². The molecule has 3 heteroatoms. The maximum Gasteiger partial charge on any atom is 0.254 e. The first-order valence-corrected chi connectivity index (χ1v) is 7.36. The van der Waals surface area contributed by atoms with Crippen molar-refractivity contribution in [1.82, 2.24) is 4.90 Å². The van der Waals surface area contributed by atoms with E-state index in [9.17, 15) is 4.79 Å². The Hall–Kier alpha value is -1.35. The van der Waals surface area contributed by atoms with E-state index < -0.39 is 0 Å². The molecule has 1 aromatic carbocycles. The first-order valence-electron chi connectivity index (χ1n) is 7.36. The van der Waals surface area contributed by atoms with Crippen molar-refractivity contribution in [2.75, 3.05) is 0 Å². The van der Waals surface area contributed by atoms with Crippen LogP contribution in [-0.2, 0) is 6.42 Å². The molecule has 2 saturated heterocycles. The maximum absolute atomic E-state index is 12.7. The van der Waals surface area contributed by atoms with Crippen LogP contribution in [0.5, 0.6) is 0 Å². The second kappa shape index (κ2) is 4.97. The van der Waals surface area contributed by atoms with Crippen LogP contribution in [0, 0.1) is 0 Å². The van der Waals surface area contributed by atoms with E-state index in [2.05, 4.69) is 24.0 Å². The third-order valence-electron chi connectivity index (χ3n) is 4.61. The number of hydrogen-bond acceptors (Lipinski definition) is 2. The summed E-state index contributed by atoms with van der Waals surface area (Å²) in [7, 11) is 0. The molecule has 2 bridgehead atoms. The van der Waals surface area contributed by atoms with Gasteiger partial charge in [0, 0.05) is 23.7 Å². The third-order valence-corrected chi connectivity index (χ3v) is 4.61. The minimum absolute atomic E-state index is 0.196. The van der Waals surface area contributed by atoms with Gasteiger partial charge in [0.05, 0.1) is 0 Å². The SMILES string of the molecule is CCc1ccc(C(=O)N2C3CCC2CC(N)C3)cc1. The Morgan fingerprint density at radius 1 is 1.21 bits per heavy atom. The molecule has 0 aromatic heterocycles. The number of piperidine rings is 1. The van der Waals surface area contributed by atoms with Crippen molar-refractivity contribution in [3.05, 3.63) is 35.4 Å². The van der Waals surface area contributed by atoms with Gasteiger partial charge in [-0.3, -0.25) is 4.79 Å². The van der Waals surface area contributed by atoms with E-state index in [0.717, 1.165) is 37.7 Å². The highest BCUT2D eigenvalue weighted by atomic mass is 16.2. The van der Waals surface area contributed by atoms with Crippen LogP contribution in [0.15, 0.2) is 24.3 Å². The maximum atomic E-state index is 12.7. The van der Waals surface area contributed by atoms with Crippen LogP contribution in [0.25, 0.3) is 0 Å². The minimum Gasteiger partial charge on any atom is -0.333 e. The lowest BCUT2D eigenvalue weighted by atomic mass is 9.97. The molecule has 1 amide bonds. The Morgan fingerprint density at radius 3 is 2.32 bits per heavy atom. The monoisotopic (exact) mass is 258 g/mol. The van der Waals surface area contributed by atoms with Crippen LogP contribution < -0.4 is 5.73 Å². The molecule has 2 aliphatic heterocycles. The fourth-order valence-corrected chi connectivity index (χ4v) is 3.58. The highest BCUT2D eigenvalue weighted by Gasteiger charge is 2.42. The lowest BCUT2D eigenvalue weighted by Gasteiger charge is -2.37. The number of fused-ring (bicyclic) bond motifs is 2. The van der Waals surface area contributed by atoms with Gasteiger partial charge in [0.1, 0.15) is 0 Å². The molecule has 3 nitrogen and oxygen atoms in total. The van der Waals surface area contributed by atoms with Gasteiger partial charge in [0.25, 0.3) is 5.91 Å². The predicted molar refractivity (Wildman–Crippen MR) is 76.0 cm³/mol. The van der Waals surface area contributed by atoms with E-state index in [0.29, 0.717) is 12.1 Å². The fraction of sp³-hybridized carbons (Fsp3) is 0.562. The van der Waals surface area contributed by atoms with Crippen molar-refractivity contribution in [3.8, 4) is 0 Å². The van der Waals surface area contributed by atoms with Gasteiger partial charge in [0.2, 0.25) is 0 Å². The van der Waals surface area contributed by atoms with Gasteiger partial charge in [-0.25, -0.2) is 0 Å². The van der Waals surface area contributed by atoms with Crippen LogP contribution >= 0.6 is 0 Å². The van der Waals surface area contributed by atoms with Gasteiger partial charge in [0.15, 0.2) is 0 Å². The molecule has 3 rings (SSSR count). The third kappa shape index (κ3) is 2.27. The molecule has 0 radical (unpaired) electrons. The molecule has 2 unspecified atom stereocenters. The zero-order chi connectivity index (χ0) is 13.4. The zero-order valence-electron chi connectivity index (χ0n) is 11.5. The first kappa shape index (κ1) is 12.7. The Kier molecular flexibility index (Phi) is 3.31. The van der Waals surface area contributed by atoms with Crippen molar-refractivity contribution in [1.29, 1.82) is 0 Å². The topological polar surface area (TPSA) is 46.3 Å². The number of nitrogens with zero attached hydrogens (tertiary/aromatic N) is 1. The molecule has 1 aromatic rings. The van der Waals surface area contributed by atoms with Gasteiger partial charge in [-0.15, -0.1) is 0 Å². The highest BCUT2D eigenvalue weighted by molar-refractivity contribution is 5.95. The molecule has 2 aliphatic rings. The lowest BCUT2D eigenvalue weighted by molar-refractivity contribution is 0.0575. The number of amides is 1. The predicted octanol–water partition coefficient (Wildman–Crippen LogP) is 2.34. The summed E-state index contributed by atoms with van der Waals surface area (Å²) in [4.78, 5) is 14.8. The molecule has 2 fully saturated rings. The summed E-state index contributed by atoms with van der Waals surface area (Å²) in [5.41, 5.74) is 8.16. The number of aryl methyl sites for hydroxylation is 1. The molecule has 2 atom stereocenters. The molecule has 102 valence electrons. The van der Waals surface area contributed by atoms with E-state index in [1.54, 1.807) is 0 Å². The zero-order valence-corrected chi connectivity index (χ0v) is 11.5. The molecule has 0 aliphatic carbocycles. The van der Waals surface area contributed by atoms with E-state index in [4.69, 9.17) is 5.73 Å². The van der Waals surface area contributed by atoms with Crippen LogP contribution in [0.1, 0.15) is 48.5 Å². The minimum atomic E-state index is 0.196. The van der Waals surface area contributed by atoms with Crippen molar-refractivity contribution in [2.24, 2.45) is 5.73 Å². The second-order valence-corrected chi connectivity index (χ2v) is 5.88. The van der Waals surface area contributed by atoms with Crippen LogP contribution in [-0.4, -0.2) is 28.9 Å². The highest BCUT2D eigenvalue weighted by Crippen LogP contribution is 2.36. The molecular formula is C16H22N2O. The number of carbonyl (C=O) groups is 1. The van der Waals surface area contributed by atoms with Crippen molar-refractivity contribution >= 4 is 5.91 Å². The molecule has 2 heterocycles. The Morgan fingerprint density at radius 2 is 1.79 bits per heavy atom. The average molecular weight is 258 g/mol. The summed E-state index contributed by atoms with van der Waals surface area (Å²) < 4.78 is 0. The Labute approximate surface area is 114 Å². The number of hydrogen-bond donors (Lipinski definition) is 1. The van der Waals surface area contributed by atoms with Crippen molar-refractivity contribution in [3.63, 3.8) is 0 Å². The summed E-state index contributed by atoms with van der Waals surface area (Å²) >= 11 is 0. The van der Waals surface area contributed by atoms with Crippen molar-refractivity contribution in [2.45, 2.75) is 57.2 Å². The quantitative estimate of drug-likeness (QED) is 0.885. The van der Waals surface area contributed by atoms with Crippen LogP contribution in [0.3, 0.4) is 0 Å². The summed E-state index contributed by atoms with van der Waals surface area (Å²) in [5, 5.41) is 0. The van der Waals surface area contributed by atoms with Crippen LogP contribution in [0.4, 0.5) is 0 Å². The largest absolute Gasteiger partial charge is 0.333 e. The van der Waals surface area contributed by atoms with Gasteiger partial charge in [-0.05, 0) is 49.8 Å². The summed E-state index contributed by atoms with van der Waals surface area (Å²) in [6.07, 6.45) is 5.19. The fourth-order valence-electron chi connectivity index (χ4n) is 3.58. The molecular weight excluding hydrogens is 236 g/mol. The number of carbonyl (C=O) groups excluding carboxylic acids is 1. The molecule has 0 spiro atoms. The van der Waals surface area contributed by atoms with Crippen LogP contribution in [0.2, 0.25) is 0 Å². The number of benzene rings is 1. The van der Waals surface area contributed by atoms with Gasteiger partial charge in [-0.2, -0.15) is 0 Å². The second-order valence-electron chi connectivity index (χ2n) is 5.88. The number of nitrogens with two attached hydrogens (primary N) is 1. The van der Waals surface area contributed by atoms with Gasteiger partial charge < -0.3 is 10.6 Å². The van der Waals surface area contributed by atoms with Crippen molar-refractivity contribution < 1.29 is 4.79 Å². The first-order chi connectivity index (χ1) is 9.19. The van der Waals surface area contributed by atoms with E-state index in [1.807, 2.05) is 12.1 Å². The molecule has 0 saturated carbocycles. The van der Waals surface area contributed by atoms with Gasteiger partial charge >= 0.3 is 0 Å². The summed E-state index contributed by atoms with van der Waals surface area (Å²) in [6, 6.07) is 9.07. The normalized spacial score (nSPS) is 29.6. The Bertz CT molecular complexity index is 454. The summed E-state index contributed by atoms with van der Waals surface area (Å²) in [6.45, 7) is 2.13. The van der Waals surface area contributed by atoms with E-state index in [-0.39, 0.29) is 11.9 Å². The van der Waals surface area contributed by atoms with Gasteiger partial charge in [-0.1, -0.05) is 19.1 Å². The molecule has 19 heavy (non-hydrogen) atoms. The standard InChI is InChI=1S/C16H22N2O/c1-2-11-3-5-12(6-4-11)16(19)18-14-7-8-15(18)10-13(17)9-14/h3-6,13-15H,2,7-10,17H2,1H3. The smallest absolute Gasteiger partial charge is 0.254 e. The number of rotatable bonds is 2. The summed E-state index contributed by atoms with van der Waals surface area (Å²) in [5.74, 6) is 0.196. The average Bonchev–Trinajstić information content (AvgIpc) is 2.70.